The van der Waals surface area contributed by atoms with E-state index in [1.54, 1.807) is 0 Å². The van der Waals surface area contributed by atoms with Crippen molar-refractivity contribution in [2.75, 3.05) is 26.2 Å². The van der Waals surface area contributed by atoms with Gasteiger partial charge in [0, 0.05) is 38.3 Å². The maximum absolute atomic E-state index is 3.46. The molecule has 116 valence electrons. The van der Waals surface area contributed by atoms with Gasteiger partial charge in [-0.25, -0.2) is 0 Å². The minimum absolute atomic E-state index is 0.673. The van der Waals surface area contributed by atoms with Gasteiger partial charge in [0.15, 0.2) is 0 Å². The van der Waals surface area contributed by atoms with Crippen LogP contribution in [0.25, 0.3) is 0 Å². The minimum atomic E-state index is 0.673. The molecular formula is C18H29N3. The van der Waals surface area contributed by atoms with Crippen LogP contribution in [-0.2, 0) is 13.1 Å². The van der Waals surface area contributed by atoms with E-state index in [9.17, 15) is 0 Å². The van der Waals surface area contributed by atoms with Crippen molar-refractivity contribution < 1.29 is 0 Å². The summed E-state index contributed by atoms with van der Waals surface area (Å²) < 4.78 is 0. The normalized spacial score (nSPS) is 27.0. The number of nitrogens with one attached hydrogen (secondary N) is 1. The summed E-state index contributed by atoms with van der Waals surface area (Å²) in [6.45, 7) is 11.5. The van der Waals surface area contributed by atoms with Crippen molar-refractivity contribution in [3.8, 4) is 0 Å². The van der Waals surface area contributed by atoms with Gasteiger partial charge in [-0.1, -0.05) is 31.2 Å². The quantitative estimate of drug-likeness (QED) is 0.897. The molecule has 2 unspecified atom stereocenters. The zero-order valence-corrected chi connectivity index (χ0v) is 13.5. The number of nitrogens with zero attached hydrogens (tertiary/aromatic N) is 2. The Morgan fingerprint density at radius 1 is 1.19 bits per heavy atom. The lowest BCUT2D eigenvalue weighted by molar-refractivity contribution is 0.0538. The van der Waals surface area contributed by atoms with Gasteiger partial charge in [0.25, 0.3) is 0 Å². The summed E-state index contributed by atoms with van der Waals surface area (Å²) in [6.07, 6.45) is 2.78. The Morgan fingerprint density at radius 3 is 2.81 bits per heavy atom. The topological polar surface area (TPSA) is 18.5 Å². The Kier molecular flexibility index (Phi) is 4.94. The first-order chi connectivity index (χ1) is 10.3. The van der Waals surface area contributed by atoms with Crippen LogP contribution in [0.2, 0.25) is 0 Å². The molecule has 0 aliphatic carbocycles. The van der Waals surface area contributed by atoms with Crippen LogP contribution in [0.4, 0.5) is 0 Å². The molecule has 0 spiro atoms. The number of benzene rings is 1. The number of piperazine rings is 1. The smallest absolute Gasteiger partial charge is 0.0240 e. The second kappa shape index (κ2) is 6.91. The highest BCUT2D eigenvalue weighted by Crippen LogP contribution is 2.26. The second-order valence-corrected chi connectivity index (χ2v) is 6.62. The summed E-state index contributed by atoms with van der Waals surface area (Å²) in [5.41, 5.74) is 2.96. The predicted octanol–water partition coefficient (Wildman–Crippen LogP) is 2.46. The molecule has 2 fully saturated rings. The van der Waals surface area contributed by atoms with Gasteiger partial charge in [-0.05, 0) is 44.0 Å². The van der Waals surface area contributed by atoms with E-state index in [-0.39, 0.29) is 0 Å². The molecule has 0 aromatic heterocycles. The first-order valence-electron chi connectivity index (χ1n) is 8.53. The molecule has 0 saturated carbocycles. The maximum Gasteiger partial charge on any atom is 0.0240 e. The first-order valence-corrected chi connectivity index (χ1v) is 8.53. The van der Waals surface area contributed by atoms with Crippen LogP contribution in [0.1, 0.15) is 37.8 Å². The lowest BCUT2D eigenvalue weighted by Gasteiger charge is -2.42. The van der Waals surface area contributed by atoms with Gasteiger partial charge in [0.05, 0.1) is 0 Å². The van der Waals surface area contributed by atoms with Crippen LogP contribution >= 0.6 is 0 Å². The predicted molar refractivity (Wildman–Crippen MR) is 88.3 cm³/mol. The van der Waals surface area contributed by atoms with E-state index in [4.69, 9.17) is 0 Å². The second-order valence-electron chi connectivity index (χ2n) is 6.62. The lowest BCUT2D eigenvalue weighted by Crippen LogP contribution is -2.54. The fraction of sp³-hybridized carbons (Fsp3) is 0.667. The van der Waals surface area contributed by atoms with Gasteiger partial charge >= 0.3 is 0 Å². The van der Waals surface area contributed by atoms with E-state index in [0.717, 1.165) is 25.7 Å². The monoisotopic (exact) mass is 287 g/mol. The molecule has 0 radical (unpaired) electrons. The molecule has 2 saturated heterocycles. The largest absolute Gasteiger partial charge is 0.313 e. The maximum atomic E-state index is 3.46. The third-order valence-electron chi connectivity index (χ3n) is 5.12. The van der Waals surface area contributed by atoms with Crippen molar-refractivity contribution >= 4 is 0 Å². The lowest BCUT2D eigenvalue weighted by atomic mass is 10.0. The van der Waals surface area contributed by atoms with E-state index < -0.39 is 0 Å². The number of fused-ring (bicyclic) bond motifs is 1. The van der Waals surface area contributed by atoms with Crippen molar-refractivity contribution in [2.45, 2.75) is 51.9 Å². The Bertz CT molecular complexity index is 460. The highest BCUT2D eigenvalue weighted by molar-refractivity contribution is 5.27. The molecule has 1 N–H and O–H groups in total. The Hall–Kier alpha value is -0.900. The third-order valence-corrected chi connectivity index (χ3v) is 5.12. The summed E-state index contributed by atoms with van der Waals surface area (Å²) in [4.78, 5) is 5.39. The molecule has 2 aliphatic heterocycles. The molecular weight excluding hydrogens is 258 g/mol. The molecule has 1 aromatic rings. The standard InChI is InChI=1S/C18H29N3/c1-3-19-11-16-7-4-5-8-17(16)13-21-14-18-9-6-10-20(18)12-15(21)2/h4-5,7-8,15,18-19H,3,6,9-14H2,1-2H3. The Morgan fingerprint density at radius 2 is 2.00 bits per heavy atom. The highest BCUT2D eigenvalue weighted by Gasteiger charge is 2.34. The molecule has 21 heavy (non-hydrogen) atoms. The van der Waals surface area contributed by atoms with Gasteiger partial charge in [0.1, 0.15) is 0 Å². The molecule has 0 amide bonds. The molecule has 3 rings (SSSR count). The van der Waals surface area contributed by atoms with E-state index in [1.165, 1.54) is 43.6 Å². The summed E-state index contributed by atoms with van der Waals surface area (Å²) in [5.74, 6) is 0. The van der Waals surface area contributed by atoms with Gasteiger partial charge in [-0.3, -0.25) is 9.80 Å². The fourth-order valence-corrected chi connectivity index (χ4v) is 3.83. The number of rotatable bonds is 5. The van der Waals surface area contributed by atoms with Crippen LogP contribution in [0.15, 0.2) is 24.3 Å². The molecule has 1 aromatic carbocycles. The molecule has 3 nitrogen and oxygen atoms in total. The summed E-state index contributed by atoms with van der Waals surface area (Å²) in [5, 5.41) is 3.46. The summed E-state index contributed by atoms with van der Waals surface area (Å²) >= 11 is 0. The van der Waals surface area contributed by atoms with Crippen LogP contribution in [0, 0.1) is 0 Å². The zero-order chi connectivity index (χ0) is 14.7. The SMILES string of the molecule is CCNCc1ccccc1CN1CC2CCCN2CC1C. The van der Waals surface area contributed by atoms with Gasteiger partial charge in [-0.15, -0.1) is 0 Å². The molecule has 3 heteroatoms. The Labute approximate surface area is 129 Å². The summed E-state index contributed by atoms with van der Waals surface area (Å²) in [6, 6.07) is 10.4. The van der Waals surface area contributed by atoms with Crippen LogP contribution in [-0.4, -0.2) is 48.1 Å². The third kappa shape index (κ3) is 3.47. The molecule has 2 atom stereocenters. The van der Waals surface area contributed by atoms with Crippen LogP contribution in [0.3, 0.4) is 0 Å². The van der Waals surface area contributed by atoms with Crippen molar-refractivity contribution in [2.24, 2.45) is 0 Å². The molecule has 0 bridgehead atoms. The van der Waals surface area contributed by atoms with E-state index in [2.05, 4.69) is 53.2 Å². The van der Waals surface area contributed by atoms with Gasteiger partial charge < -0.3 is 5.32 Å². The minimum Gasteiger partial charge on any atom is -0.313 e. The molecule has 2 heterocycles. The van der Waals surface area contributed by atoms with E-state index in [0.29, 0.717) is 6.04 Å². The zero-order valence-electron chi connectivity index (χ0n) is 13.5. The van der Waals surface area contributed by atoms with Crippen LogP contribution < -0.4 is 5.32 Å². The fourth-order valence-electron chi connectivity index (χ4n) is 3.83. The average Bonchev–Trinajstić information content (AvgIpc) is 2.94. The van der Waals surface area contributed by atoms with E-state index >= 15 is 0 Å². The van der Waals surface area contributed by atoms with Gasteiger partial charge in [-0.2, -0.15) is 0 Å². The van der Waals surface area contributed by atoms with Crippen molar-refractivity contribution in [3.63, 3.8) is 0 Å². The van der Waals surface area contributed by atoms with Crippen molar-refractivity contribution in [1.82, 2.24) is 15.1 Å². The number of hydrogen-bond donors (Lipinski definition) is 1. The number of hydrogen-bond acceptors (Lipinski definition) is 3. The highest BCUT2D eigenvalue weighted by atomic mass is 15.3. The van der Waals surface area contributed by atoms with Gasteiger partial charge in [0.2, 0.25) is 0 Å². The van der Waals surface area contributed by atoms with Crippen molar-refractivity contribution in [1.29, 1.82) is 0 Å². The van der Waals surface area contributed by atoms with E-state index in [1.807, 2.05) is 0 Å². The summed E-state index contributed by atoms with van der Waals surface area (Å²) in [7, 11) is 0. The Balaban J connectivity index is 1.68. The average molecular weight is 287 g/mol. The molecule has 2 aliphatic rings. The van der Waals surface area contributed by atoms with Crippen LogP contribution in [0.5, 0.6) is 0 Å². The van der Waals surface area contributed by atoms with Crippen molar-refractivity contribution in [3.05, 3.63) is 35.4 Å². The first kappa shape index (κ1) is 15.0.